The number of aromatic hydroxyl groups is 1. The number of hydrogen-bond acceptors (Lipinski definition) is 3. The van der Waals surface area contributed by atoms with Crippen LogP contribution in [0.25, 0.3) is 0 Å². The van der Waals surface area contributed by atoms with E-state index < -0.39 is 0 Å². The van der Waals surface area contributed by atoms with Crippen molar-refractivity contribution in [3.8, 4) is 5.75 Å². The molecule has 0 aliphatic carbocycles. The average Bonchev–Trinajstić information content (AvgIpc) is 2.87. The number of phenolic OH excluding ortho intramolecular Hbond substituents is 1. The third-order valence-electron chi connectivity index (χ3n) is 5.51. The molecule has 4 nitrogen and oxygen atoms in total. The molecule has 0 aliphatic heterocycles. The third kappa shape index (κ3) is 12.9. The van der Waals surface area contributed by atoms with Crippen LogP contribution >= 0.6 is 12.2 Å². The monoisotopic (exact) mass is 538 g/mol. The van der Waals surface area contributed by atoms with E-state index in [0.717, 1.165) is 40.9 Å². The lowest BCUT2D eigenvalue weighted by atomic mass is 10.1. The summed E-state index contributed by atoms with van der Waals surface area (Å²) < 4.78 is 0. The SMILES string of the molecule is C.C.CCc1cc(C)cc(O)c1.CCc1cccc(C(=O)N(C)C)c1.CCc1cccc(C(=S)N(C)C)c1. The summed E-state index contributed by atoms with van der Waals surface area (Å²) in [5.41, 5.74) is 6.76. The summed E-state index contributed by atoms with van der Waals surface area (Å²) in [5.74, 6) is 0.437. The molecule has 0 fully saturated rings. The topological polar surface area (TPSA) is 43.8 Å². The van der Waals surface area contributed by atoms with Crippen molar-refractivity contribution in [2.75, 3.05) is 28.2 Å². The van der Waals surface area contributed by atoms with Crippen molar-refractivity contribution in [3.05, 3.63) is 100 Å². The second kappa shape index (κ2) is 19.0. The Kier molecular flexibility index (Phi) is 18.5. The molecule has 1 amide bonds. The lowest BCUT2D eigenvalue weighted by Crippen LogP contribution is -2.21. The number of hydrogen-bond donors (Lipinski definition) is 1. The number of amides is 1. The zero-order valence-corrected chi connectivity index (χ0v) is 23.9. The molecule has 0 aliphatic rings. The minimum Gasteiger partial charge on any atom is -0.508 e. The molecule has 0 aromatic heterocycles. The summed E-state index contributed by atoms with van der Waals surface area (Å²) in [6, 6.07) is 21.8. The molecule has 3 aromatic rings. The normalized spacial score (nSPS) is 9.26. The number of benzene rings is 3. The lowest BCUT2D eigenvalue weighted by Gasteiger charge is -2.14. The minimum absolute atomic E-state index is 0. The molecule has 0 heterocycles. The molecule has 5 heteroatoms. The highest BCUT2D eigenvalue weighted by Crippen LogP contribution is 2.15. The molecule has 210 valence electrons. The average molecular weight is 539 g/mol. The summed E-state index contributed by atoms with van der Waals surface area (Å²) in [5, 5.41) is 9.12. The number of carbonyl (C=O) groups is 1. The molecular weight excluding hydrogens is 488 g/mol. The van der Waals surface area contributed by atoms with E-state index in [1.165, 1.54) is 16.7 Å². The van der Waals surface area contributed by atoms with E-state index in [-0.39, 0.29) is 20.8 Å². The van der Waals surface area contributed by atoms with Crippen LogP contribution in [0.4, 0.5) is 0 Å². The summed E-state index contributed by atoms with van der Waals surface area (Å²) in [4.78, 5) is 16.0. The Morgan fingerprint density at radius 3 is 1.61 bits per heavy atom. The quantitative estimate of drug-likeness (QED) is 0.335. The van der Waals surface area contributed by atoms with Gasteiger partial charge in [0.2, 0.25) is 0 Å². The summed E-state index contributed by atoms with van der Waals surface area (Å²) in [6.45, 7) is 8.30. The predicted molar refractivity (Wildman–Crippen MR) is 171 cm³/mol. The van der Waals surface area contributed by atoms with E-state index in [2.05, 4.69) is 51.1 Å². The first-order valence-electron chi connectivity index (χ1n) is 12.4. The van der Waals surface area contributed by atoms with Gasteiger partial charge < -0.3 is 14.9 Å². The largest absolute Gasteiger partial charge is 0.508 e. The Morgan fingerprint density at radius 2 is 1.18 bits per heavy atom. The maximum Gasteiger partial charge on any atom is 0.253 e. The van der Waals surface area contributed by atoms with Crippen LogP contribution < -0.4 is 0 Å². The Labute approximate surface area is 238 Å². The van der Waals surface area contributed by atoms with Gasteiger partial charge in [0.15, 0.2) is 0 Å². The van der Waals surface area contributed by atoms with E-state index in [0.29, 0.717) is 5.75 Å². The fourth-order valence-corrected chi connectivity index (χ4v) is 3.54. The maximum atomic E-state index is 11.5. The van der Waals surface area contributed by atoms with Gasteiger partial charge in [-0.15, -0.1) is 0 Å². The minimum atomic E-state index is 0. The van der Waals surface area contributed by atoms with Crippen LogP contribution in [0.15, 0.2) is 66.7 Å². The lowest BCUT2D eigenvalue weighted by molar-refractivity contribution is 0.0827. The number of thiocarbonyl (C=S) groups is 1. The highest BCUT2D eigenvalue weighted by Gasteiger charge is 2.07. The van der Waals surface area contributed by atoms with Crippen molar-refractivity contribution in [2.24, 2.45) is 0 Å². The number of carbonyl (C=O) groups excluding carboxylic acids is 1. The van der Waals surface area contributed by atoms with Crippen LogP contribution in [0.2, 0.25) is 0 Å². The van der Waals surface area contributed by atoms with Gasteiger partial charge in [-0.25, -0.2) is 0 Å². The van der Waals surface area contributed by atoms with E-state index in [1.807, 2.05) is 50.2 Å². The van der Waals surface area contributed by atoms with Gasteiger partial charge in [-0.3, -0.25) is 4.79 Å². The highest BCUT2D eigenvalue weighted by atomic mass is 32.1. The van der Waals surface area contributed by atoms with Gasteiger partial charge >= 0.3 is 0 Å². The zero-order chi connectivity index (χ0) is 27.3. The standard InChI is InChI=1S/C11H15NO.C11H15NS.C9H12O.2CH4/c2*1-4-9-6-5-7-10(8-9)11(13)12(2)3;1-3-8-4-7(2)5-9(10)6-8;;/h2*5-8H,4H2,1-3H3;4-6,10H,3H2,1-2H3;2*1H4. The van der Waals surface area contributed by atoms with E-state index >= 15 is 0 Å². The molecule has 0 saturated heterocycles. The molecule has 0 spiro atoms. The molecule has 0 atom stereocenters. The van der Waals surface area contributed by atoms with Gasteiger partial charge in [0.05, 0.1) is 0 Å². The Balaban J connectivity index is 0. The fraction of sp³-hybridized carbons (Fsp3) is 0.394. The zero-order valence-electron chi connectivity index (χ0n) is 23.1. The first-order valence-corrected chi connectivity index (χ1v) is 12.8. The van der Waals surface area contributed by atoms with Crippen LogP contribution in [0, 0.1) is 6.92 Å². The van der Waals surface area contributed by atoms with Gasteiger partial charge in [-0.1, -0.05) is 84.2 Å². The van der Waals surface area contributed by atoms with Gasteiger partial charge in [0.1, 0.15) is 10.7 Å². The third-order valence-corrected chi connectivity index (χ3v) is 6.11. The van der Waals surface area contributed by atoms with Crippen molar-refractivity contribution in [2.45, 2.75) is 61.8 Å². The summed E-state index contributed by atoms with van der Waals surface area (Å²) in [6.07, 6.45) is 3.01. The summed E-state index contributed by atoms with van der Waals surface area (Å²) >= 11 is 5.28. The molecule has 1 N–H and O–H groups in total. The van der Waals surface area contributed by atoms with Gasteiger partial charge in [-0.2, -0.15) is 0 Å². The van der Waals surface area contributed by atoms with Gasteiger partial charge in [-0.05, 0) is 78.8 Å². The maximum absolute atomic E-state index is 11.5. The number of phenols is 1. The van der Waals surface area contributed by atoms with Crippen LogP contribution in [0.3, 0.4) is 0 Å². The molecule has 0 saturated carbocycles. The van der Waals surface area contributed by atoms with Crippen molar-refractivity contribution in [1.82, 2.24) is 9.80 Å². The van der Waals surface area contributed by atoms with E-state index in [1.54, 1.807) is 31.1 Å². The van der Waals surface area contributed by atoms with Crippen molar-refractivity contribution in [3.63, 3.8) is 0 Å². The number of aryl methyl sites for hydroxylation is 4. The van der Waals surface area contributed by atoms with Crippen LogP contribution in [0.1, 0.15) is 73.8 Å². The highest BCUT2D eigenvalue weighted by molar-refractivity contribution is 7.80. The molecular formula is C33H50N2O2S. The second-order valence-corrected chi connectivity index (χ2v) is 9.42. The molecule has 38 heavy (non-hydrogen) atoms. The Bertz CT molecular complexity index is 1040. The smallest absolute Gasteiger partial charge is 0.253 e. The number of rotatable bonds is 5. The molecule has 0 radical (unpaired) electrons. The second-order valence-electron chi connectivity index (χ2n) is 9.04. The Hall–Kier alpha value is -3.18. The van der Waals surface area contributed by atoms with Crippen molar-refractivity contribution in [1.29, 1.82) is 0 Å². The molecule has 3 rings (SSSR count). The molecule has 0 bridgehead atoms. The van der Waals surface area contributed by atoms with Crippen LogP contribution in [-0.4, -0.2) is 54.0 Å². The Morgan fingerprint density at radius 1 is 0.711 bits per heavy atom. The molecule has 3 aromatic carbocycles. The fourth-order valence-electron chi connectivity index (χ4n) is 3.41. The van der Waals surface area contributed by atoms with Crippen molar-refractivity contribution >= 4 is 23.1 Å². The van der Waals surface area contributed by atoms with Crippen LogP contribution in [0.5, 0.6) is 5.75 Å². The van der Waals surface area contributed by atoms with Gasteiger partial charge in [0.25, 0.3) is 5.91 Å². The summed E-state index contributed by atoms with van der Waals surface area (Å²) in [7, 11) is 7.48. The van der Waals surface area contributed by atoms with E-state index in [4.69, 9.17) is 17.3 Å². The van der Waals surface area contributed by atoms with Crippen LogP contribution in [-0.2, 0) is 19.3 Å². The molecule has 0 unspecified atom stereocenters. The number of nitrogens with zero attached hydrogens (tertiary/aromatic N) is 2. The first-order chi connectivity index (χ1) is 17.0. The van der Waals surface area contributed by atoms with E-state index in [9.17, 15) is 4.79 Å². The van der Waals surface area contributed by atoms with Gasteiger partial charge in [0, 0.05) is 39.3 Å². The first kappa shape index (κ1) is 37.0. The van der Waals surface area contributed by atoms with Crippen molar-refractivity contribution < 1.29 is 9.90 Å². The predicted octanol–water partition coefficient (Wildman–Crippen LogP) is 7.97.